The third-order valence-corrected chi connectivity index (χ3v) is 5.57. The number of benzene rings is 2. The molecular formula is C22H22N8S. The van der Waals surface area contributed by atoms with Crippen LogP contribution in [0.3, 0.4) is 0 Å². The molecule has 0 radical (unpaired) electrons. The summed E-state index contributed by atoms with van der Waals surface area (Å²) in [6.07, 6.45) is 0. The van der Waals surface area contributed by atoms with E-state index in [2.05, 4.69) is 55.1 Å². The van der Waals surface area contributed by atoms with Gasteiger partial charge in [0.15, 0.2) is 5.00 Å². The highest BCUT2D eigenvalue weighted by Crippen LogP contribution is 2.32. The van der Waals surface area contributed by atoms with Crippen LogP contribution in [0.15, 0.2) is 69.9 Å². The fourth-order valence-corrected chi connectivity index (χ4v) is 3.64. The Bertz CT molecular complexity index is 1240. The zero-order chi connectivity index (χ0) is 21.8. The summed E-state index contributed by atoms with van der Waals surface area (Å²) < 4.78 is 1.81. The van der Waals surface area contributed by atoms with Crippen molar-refractivity contribution >= 4 is 32.9 Å². The maximum Gasteiger partial charge on any atom is 0.205 e. The van der Waals surface area contributed by atoms with Crippen LogP contribution in [0, 0.1) is 20.8 Å². The van der Waals surface area contributed by atoms with Gasteiger partial charge in [-0.25, -0.2) is 9.67 Å². The molecule has 0 aliphatic heterocycles. The second-order valence-electron chi connectivity index (χ2n) is 7.02. The third-order valence-electron chi connectivity index (χ3n) is 4.62. The molecule has 2 heterocycles. The van der Waals surface area contributed by atoms with Gasteiger partial charge in [0, 0.05) is 0 Å². The minimum Gasteiger partial charge on any atom is -0.252 e. The third kappa shape index (κ3) is 4.72. The van der Waals surface area contributed by atoms with Gasteiger partial charge in [0.05, 0.1) is 28.5 Å². The van der Waals surface area contributed by atoms with Gasteiger partial charge in [-0.05, 0) is 52.0 Å². The van der Waals surface area contributed by atoms with Crippen LogP contribution in [-0.2, 0) is 0 Å². The molecule has 2 aromatic heterocycles. The summed E-state index contributed by atoms with van der Waals surface area (Å²) in [5.74, 6) is 0. The van der Waals surface area contributed by atoms with E-state index >= 15 is 0 Å². The van der Waals surface area contributed by atoms with E-state index in [1.807, 2.05) is 67.9 Å². The predicted octanol–water partition coefficient (Wildman–Crippen LogP) is 5.90. The highest BCUT2D eigenvalue weighted by atomic mass is 32.1. The van der Waals surface area contributed by atoms with E-state index in [1.54, 1.807) is 0 Å². The van der Waals surface area contributed by atoms with E-state index < -0.39 is 0 Å². The highest BCUT2D eigenvalue weighted by Gasteiger charge is 2.13. The second-order valence-corrected chi connectivity index (χ2v) is 8.00. The van der Waals surface area contributed by atoms with Crippen molar-refractivity contribution in [2.24, 2.45) is 15.3 Å². The Kier molecular flexibility index (Phi) is 5.94. The van der Waals surface area contributed by atoms with Crippen molar-refractivity contribution in [3.63, 3.8) is 0 Å². The molecule has 4 rings (SSSR count). The summed E-state index contributed by atoms with van der Waals surface area (Å²) in [5.41, 5.74) is 9.12. The van der Waals surface area contributed by atoms with Crippen LogP contribution in [-0.4, -0.2) is 25.7 Å². The summed E-state index contributed by atoms with van der Waals surface area (Å²) in [6, 6.07) is 17.7. The van der Waals surface area contributed by atoms with Crippen LogP contribution >= 0.6 is 11.3 Å². The molecule has 0 aliphatic rings. The summed E-state index contributed by atoms with van der Waals surface area (Å²) >= 11 is 1.39. The van der Waals surface area contributed by atoms with E-state index in [1.165, 1.54) is 16.9 Å². The normalized spacial score (nSPS) is 11.9. The number of nitrogens with zero attached hydrogens (tertiary/aromatic N) is 7. The largest absolute Gasteiger partial charge is 0.252 e. The Balaban J connectivity index is 1.49. The minimum absolute atomic E-state index is 0.641. The van der Waals surface area contributed by atoms with Crippen molar-refractivity contribution in [1.29, 1.82) is 0 Å². The van der Waals surface area contributed by atoms with Gasteiger partial charge >= 0.3 is 0 Å². The number of azo groups is 1. The van der Waals surface area contributed by atoms with Crippen molar-refractivity contribution in [1.82, 2.24) is 20.0 Å². The van der Waals surface area contributed by atoms with Crippen molar-refractivity contribution in [3.05, 3.63) is 77.2 Å². The molecule has 2 aromatic carbocycles. The van der Waals surface area contributed by atoms with Gasteiger partial charge in [-0.1, -0.05) is 52.4 Å². The molecule has 0 spiro atoms. The lowest BCUT2D eigenvalue weighted by Crippen LogP contribution is -2.04. The summed E-state index contributed by atoms with van der Waals surface area (Å²) in [4.78, 5) is 4.48. The number of anilines is 1. The van der Waals surface area contributed by atoms with E-state index in [-0.39, 0.29) is 0 Å². The van der Waals surface area contributed by atoms with Crippen LogP contribution in [0.4, 0.5) is 15.8 Å². The number of aromatic nitrogens is 4. The number of nitrogens with one attached hydrogen (secondary N) is 1. The zero-order valence-corrected chi connectivity index (χ0v) is 18.6. The van der Waals surface area contributed by atoms with Crippen LogP contribution in [0.25, 0.3) is 5.69 Å². The van der Waals surface area contributed by atoms with Crippen LogP contribution in [0.1, 0.15) is 29.6 Å². The molecule has 156 valence electrons. The van der Waals surface area contributed by atoms with Crippen molar-refractivity contribution < 1.29 is 0 Å². The Labute approximate surface area is 184 Å². The number of hydrogen-bond acceptors (Lipinski definition) is 8. The van der Waals surface area contributed by atoms with Crippen molar-refractivity contribution in [2.75, 3.05) is 5.43 Å². The summed E-state index contributed by atoms with van der Waals surface area (Å²) in [7, 11) is 0. The topological polar surface area (TPSA) is 92.7 Å². The lowest BCUT2D eigenvalue weighted by Gasteiger charge is -2.04. The van der Waals surface area contributed by atoms with Gasteiger partial charge < -0.3 is 0 Å². The van der Waals surface area contributed by atoms with Crippen LogP contribution < -0.4 is 5.43 Å². The number of aryl methyl sites for hydroxylation is 2. The van der Waals surface area contributed by atoms with Gasteiger partial charge in [0.2, 0.25) is 5.13 Å². The molecule has 1 N–H and O–H groups in total. The van der Waals surface area contributed by atoms with Crippen LogP contribution in [0.5, 0.6) is 0 Å². The monoisotopic (exact) mass is 430 g/mol. The quantitative estimate of drug-likeness (QED) is 0.234. The molecule has 0 aliphatic carbocycles. The number of rotatable bonds is 6. The van der Waals surface area contributed by atoms with E-state index in [0.29, 0.717) is 5.13 Å². The first kappa shape index (κ1) is 20.5. The number of thiazole rings is 1. The lowest BCUT2D eigenvalue weighted by atomic mass is 10.2. The molecule has 0 saturated carbocycles. The molecule has 0 atom stereocenters. The second kappa shape index (κ2) is 8.97. The molecule has 8 nitrogen and oxygen atoms in total. The summed E-state index contributed by atoms with van der Waals surface area (Å²) in [6.45, 7) is 7.82. The SMILES string of the molecule is C/C(=N\Nc1nc(C)c(N=Nc2ccccc2)s1)c1nnn(-c2ccc(C)cc2)c1C. The van der Waals surface area contributed by atoms with E-state index in [0.717, 1.165) is 39.2 Å². The molecule has 0 unspecified atom stereocenters. The van der Waals surface area contributed by atoms with Gasteiger partial charge in [0.25, 0.3) is 0 Å². The van der Waals surface area contributed by atoms with Crippen LogP contribution in [0.2, 0.25) is 0 Å². The van der Waals surface area contributed by atoms with Gasteiger partial charge in [-0.15, -0.1) is 15.3 Å². The fourth-order valence-electron chi connectivity index (χ4n) is 2.91. The molecule has 31 heavy (non-hydrogen) atoms. The van der Waals surface area contributed by atoms with E-state index in [4.69, 9.17) is 0 Å². The molecule has 0 saturated heterocycles. The Morgan fingerprint density at radius 3 is 2.45 bits per heavy atom. The first-order chi connectivity index (χ1) is 15.0. The molecule has 0 amide bonds. The Morgan fingerprint density at radius 1 is 0.968 bits per heavy atom. The Hall–Kier alpha value is -3.72. The molecule has 0 bridgehead atoms. The minimum atomic E-state index is 0.641. The van der Waals surface area contributed by atoms with Gasteiger partial charge in [-0.2, -0.15) is 5.10 Å². The van der Waals surface area contributed by atoms with Gasteiger partial charge in [0.1, 0.15) is 5.69 Å². The average molecular weight is 431 g/mol. The smallest absolute Gasteiger partial charge is 0.205 e. The summed E-state index contributed by atoms with van der Waals surface area (Å²) in [5, 5.41) is 23.0. The first-order valence-corrected chi connectivity index (χ1v) is 10.6. The number of hydrogen-bond donors (Lipinski definition) is 1. The van der Waals surface area contributed by atoms with Crippen molar-refractivity contribution in [2.45, 2.75) is 27.7 Å². The zero-order valence-electron chi connectivity index (χ0n) is 17.7. The maximum absolute atomic E-state index is 4.48. The molecule has 9 heteroatoms. The average Bonchev–Trinajstić information content (AvgIpc) is 3.34. The van der Waals surface area contributed by atoms with E-state index in [9.17, 15) is 0 Å². The molecule has 0 fully saturated rings. The predicted molar refractivity (Wildman–Crippen MR) is 124 cm³/mol. The standard InChI is InChI=1S/C22H22N8S/c1-14-10-12-19(13-11-14)30-17(4)20(26-29-30)15(2)24-28-22-23-16(3)21(31-22)27-25-18-8-6-5-7-9-18/h5-13H,1-4H3,(H,23,28)/b24-15+,27-25?. The Morgan fingerprint density at radius 2 is 1.71 bits per heavy atom. The van der Waals surface area contributed by atoms with Gasteiger partial charge in [-0.3, -0.25) is 5.43 Å². The van der Waals surface area contributed by atoms with Crippen molar-refractivity contribution in [3.8, 4) is 5.69 Å². The fraction of sp³-hybridized carbons (Fsp3) is 0.182. The molecular weight excluding hydrogens is 408 g/mol. The lowest BCUT2D eigenvalue weighted by molar-refractivity contribution is 0.784. The highest BCUT2D eigenvalue weighted by molar-refractivity contribution is 7.19. The number of hydrazone groups is 1. The first-order valence-electron chi connectivity index (χ1n) is 9.75. The molecule has 4 aromatic rings. The maximum atomic E-state index is 4.48.